The summed E-state index contributed by atoms with van der Waals surface area (Å²) < 4.78 is 39.4. The number of sulfonamides is 1. The highest BCUT2D eigenvalue weighted by molar-refractivity contribution is 7.92. The number of methoxy groups -OCH3 is 2. The number of nitrogens with zero attached hydrogens (tertiary/aromatic N) is 2. The van der Waals surface area contributed by atoms with Gasteiger partial charge in [0.05, 0.1) is 29.8 Å². The van der Waals surface area contributed by atoms with Gasteiger partial charge in [-0.3, -0.25) is 13.9 Å². The van der Waals surface area contributed by atoms with Crippen LogP contribution in [0.2, 0.25) is 5.02 Å². The lowest BCUT2D eigenvalue weighted by Gasteiger charge is -2.32. The van der Waals surface area contributed by atoms with Crippen molar-refractivity contribution in [1.82, 2.24) is 10.2 Å². The van der Waals surface area contributed by atoms with E-state index in [1.807, 2.05) is 20.8 Å². The summed E-state index contributed by atoms with van der Waals surface area (Å²) in [4.78, 5) is 28.6. The number of carbonyl (C=O) groups is 2. The van der Waals surface area contributed by atoms with Crippen molar-refractivity contribution in [1.29, 1.82) is 0 Å². The van der Waals surface area contributed by atoms with Crippen LogP contribution in [0.25, 0.3) is 0 Å². The predicted octanol–water partition coefficient (Wildman–Crippen LogP) is 5.19. The lowest BCUT2D eigenvalue weighted by atomic mass is 10.1. The third kappa shape index (κ3) is 7.95. The predicted molar refractivity (Wildman–Crippen MR) is 165 cm³/mol. The Balaban J connectivity index is 2.05. The summed E-state index contributed by atoms with van der Waals surface area (Å²) in [6.07, 6.45) is 0.714. The lowest BCUT2D eigenvalue weighted by molar-refractivity contribution is -0.139. The number of ether oxygens (including phenoxy) is 2. The number of hydrogen-bond donors (Lipinski definition) is 1. The SMILES string of the molecule is CC[C@H](C)NC(=O)[C@H](C)N(Cc1ccc(OC)cc1)C(=O)CN(c1ccc(OC)c(Cl)c1)S(=O)(=O)c1ccc(C)cc1. The highest BCUT2D eigenvalue weighted by atomic mass is 35.5. The topological polar surface area (TPSA) is 105 Å². The molecular formula is C31H38ClN3O6S. The zero-order chi connectivity index (χ0) is 31.0. The first-order chi connectivity index (χ1) is 19.9. The van der Waals surface area contributed by atoms with Crippen LogP contribution in [0.5, 0.6) is 11.5 Å². The number of benzene rings is 3. The van der Waals surface area contributed by atoms with Crippen molar-refractivity contribution in [2.24, 2.45) is 0 Å². The van der Waals surface area contributed by atoms with Gasteiger partial charge in [-0.25, -0.2) is 8.42 Å². The number of halogens is 1. The van der Waals surface area contributed by atoms with E-state index in [1.54, 1.807) is 50.4 Å². The van der Waals surface area contributed by atoms with Gasteiger partial charge in [0.15, 0.2) is 0 Å². The standard InChI is InChI=1S/C31H38ClN3O6S/c1-7-22(3)33-31(37)23(4)34(19-24-10-13-26(40-5)14-11-24)30(36)20-35(25-12-17-29(41-6)28(32)18-25)42(38,39)27-15-8-21(2)9-16-27/h8-18,22-23H,7,19-20H2,1-6H3,(H,33,37)/t22-,23-/m0/s1. The van der Waals surface area contributed by atoms with Gasteiger partial charge in [-0.15, -0.1) is 0 Å². The van der Waals surface area contributed by atoms with Gasteiger partial charge in [0, 0.05) is 12.6 Å². The van der Waals surface area contributed by atoms with E-state index in [2.05, 4.69) is 5.32 Å². The van der Waals surface area contributed by atoms with Crippen LogP contribution in [0, 0.1) is 6.92 Å². The summed E-state index contributed by atoms with van der Waals surface area (Å²) >= 11 is 6.37. The summed E-state index contributed by atoms with van der Waals surface area (Å²) in [5.41, 5.74) is 1.81. The lowest BCUT2D eigenvalue weighted by Crippen LogP contribution is -2.52. The van der Waals surface area contributed by atoms with Crippen molar-refractivity contribution < 1.29 is 27.5 Å². The van der Waals surface area contributed by atoms with Crippen molar-refractivity contribution in [3.63, 3.8) is 0 Å². The molecule has 3 rings (SSSR count). The smallest absolute Gasteiger partial charge is 0.264 e. The maximum absolute atomic E-state index is 14.1. The fourth-order valence-corrected chi connectivity index (χ4v) is 5.81. The molecule has 3 aromatic carbocycles. The van der Waals surface area contributed by atoms with Gasteiger partial charge in [0.2, 0.25) is 11.8 Å². The van der Waals surface area contributed by atoms with Crippen LogP contribution >= 0.6 is 11.6 Å². The summed E-state index contributed by atoms with van der Waals surface area (Å²) in [5.74, 6) is 0.0914. The van der Waals surface area contributed by atoms with E-state index in [1.165, 1.54) is 42.3 Å². The van der Waals surface area contributed by atoms with E-state index in [0.717, 1.165) is 15.4 Å². The molecule has 2 atom stereocenters. The van der Waals surface area contributed by atoms with E-state index in [9.17, 15) is 18.0 Å². The molecule has 226 valence electrons. The highest BCUT2D eigenvalue weighted by Crippen LogP contribution is 2.32. The zero-order valence-electron chi connectivity index (χ0n) is 24.8. The first-order valence-electron chi connectivity index (χ1n) is 13.6. The number of anilines is 1. The number of rotatable bonds is 13. The Morgan fingerprint density at radius 2 is 1.60 bits per heavy atom. The van der Waals surface area contributed by atoms with Crippen molar-refractivity contribution in [2.45, 2.75) is 57.6 Å². The first-order valence-corrected chi connectivity index (χ1v) is 15.4. The van der Waals surface area contributed by atoms with E-state index in [-0.39, 0.29) is 34.1 Å². The minimum Gasteiger partial charge on any atom is -0.497 e. The molecule has 42 heavy (non-hydrogen) atoms. The molecule has 0 aliphatic rings. The second-order valence-electron chi connectivity index (χ2n) is 10.0. The van der Waals surface area contributed by atoms with Gasteiger partial charge in [-0.05, 0) is 75.2 Å². The van der Waals surface area contributed by atoms with Gasteiger partial charge < -0.3 is 19.7 Å². The minimum atomic E-state index is -4.22. The van der Waals surface area contributed by atoms with Crippen LogP contribution in [0.4, 0.5) is 5.69 Å². The molecule has 9 nitrogen and oxygen atoms in total. The summed E-state index contributed by atoms with van der Waals surface area (Å²) in [6, 6.07) is 17.0. The van der Waals surface area contributed by atoms with E-state index >= 15 is 0 Å². The molecule has 0 radical (unpaired) electrons. The van der Waals surface area contributed by atoms with Crippen molar-refractivity contribution in [3.05, 3.63) is 82.9 Å². The van der Waals surface area contributed by atoms with Crippen molar-refractivity contribution in [3.8, 4) is 11.5 Å². The minimum absolute atomic E-state index is 0.0112. The summed E-state index contributed by atoms with van der Waals surface area (Å²) in [6.45, 7) is 6.80. The van der Waals surface area contributed by atoms with Crippen molar-refractivity contribution in [2.75, 3.05) is 25.1 Å². The Bertz CT molecular complexity index is 1480. The molecule has 1 N–H and O–H groups in total. The molecule has 0 heterocycles. The third-order valence-corrected chi connectivity index (χ3v) is 9.07. The molecular weight excluding hydrogens is 578 g/mol. The number of carbonyl (C=O) groups excluding carboxylic acids is 2. The van der Waals surface area contributed by atoms with Gasteiger partial charge in [0.1, 0.15) is 24.1 Å². The molecule has 2 amide bonds. The van der Waals surface area contributed by atoms with Crippen LogP contribution in [0.15, 0.2) is 71.6 Å². The van der Waals surface area contributed by atoms with E-state index < -0.39 is 28.5 Å². The molecule has 0 fully saturated rings. The maximum atomic E-state index is 14.1. The molecule has 0 aromatic heterocycles. The van der Waals surface area contributed by atoms with Gasteiger partial charge in [0.25, 0.3) is 10.0 Å². The molecule has 3 aromatic rings. The second-order valence-corrected chi connectivity index (χ2v) is 12.3. The molecule has 0 saturated heterocycles. The van der Waals surface area contributed by atoms with Crippen LogP contribution in [-0.4, -0.2) is 58.0 Å². The number of hydrogen-bond acceptors (Lipinski definition) is 6. The zero-order valence-corrected chi connectivity index (χ0v) is 26.3. The van der Waals surface area contributed by atoms with Gasteiger partial charge in [-0.2, -0.15) is 0 Å². The molecule has 0 spiro atoms. The average molecular weight is 616 g/mol. The average Bonchev–Trinajstić information content (AvgIpc) is 2.98. The van der Waals surface area contributed by atoms with Gasteiger partial charge >= 0.3 is 0 Å². The van der Waals surface area contributed by atoms with Crippen LogP contribution < -0.4 is 19.1 Å². The third-order valence-electron chi connectivity index (χ3n) is 6.99. The summed E-state index contributed by atoms with van der Waals surface area (Å²) in [7, 11) is -1.21. The molecule has 0 bridgehead atoms. The van der Waals surface area contributed by atoms with E-state index in [0.29, 0.717) is 17.9 Å². The van der Waals surface area contributed by atoms with Crippen LogP contribution in [-0.2, 0) is 26.2 Å². The quantitative estimate of drug-likeness (QED) is 0.284. The van der Waals surface area contributed by atoms with Crippen LogP contribution in [0.1, 0.15) is 38.3 Å². The summed E-state index contributed by atoms with van der Waals surface area (Å²) in [5, 5.41) is 3.10. The Hall–Kier alpha value is -3.76. The molecule has 0 aliphatic heterocycles. The first kappa shape index (κ1) is 32.8. The second kappa shape index (κ2) is 14.4. The highest BCUT2D eigenvalue weighted by Gasteiger charge is 2.33. The monoisotopic (exact) mass is 615 g/mol. The normalized spacial score (nSPS) is 12.6. The Labute approximate surface area is 253 Å². The Morgan fingerprint density at radius 1 is 0.952 bits per heavy atom. The van der Waals surface area contributed by atoms with E-state index in [4.69, 9.17) is 21.1 Å². The fourth-order valence-electron chi connectivity index (χ4n) is 4.15. The molecule has 0 aliphatic carbocycles. The Kier molecular flexibility index (Phi) is 11.2. The largest absolute Gasteiger partial charge is 0.497 e. The Morgan fingerprint density at radius 3 is 2.14 bits per heavy atom. The van der Waals surface area contributed by atoms with Crippen LogP contribution in [0.3, 0.4) is 0 Å². The molecule has 11 heteroatoms. The maximum Gasteiger partial charge on any atom is 0.264 e. The van der Waals surface area contributed by atoms with Gasteiger partial charge in [-0.1, -0.05) is 48.4 Å². The molecule has 0 saturated carbocycles. The number of amides is 2. The number of nitrogens with one attached hydrogen (secondary N) is 1. The molecule has 0 unspecified atom stereocenters. The number of aryl methyl sites for hydroxylation is 1. The fraction of sp³-hybridized carbons (Fsp3) is 0.355. The van der Waals surface area contributed by atoms with Crippen molar-refractivity contribution >= 4 is 39.1 Å².